The molecular weight excluding hydrogens is 599 g/mol. The maximum absolute atomic E-state index is 6.15. The van der Waals surface area contributed by atoms with Crippen molar-refractivity contribution in [2.24, 2.45) is 0 Å². The minimum Gasteiger partial charge on any atom is -0.436 e. The van der Waals surface area contributed by atoms with Crippen molar-refractivity contribution >= 4 is 21.9 Å². The standard InChI is InChI=1S/C45H29N3O/c1-4-10-30(11-5-1)31-16-18-32(19-17-31)41-29-42(47-44(46-41)33-12-6-2-7-13-33)39-23-22-35-26-36(20-21-37(35)27-39)38-24-25-40-43(28-38)49-45(48-40)34-14-8-3-9-15-34/h1-29H. The number of benzene rings is 7. The van der Waals surface area contributed by atoms with Crippen LogP contribution in [0.25, 0.3) is 89.5 Å². The van der Waals surface area contributed by atoms with Crippen molar-refractivity contribution in [2.75, 3.05) is 0 Å². The van der Waals surface area contributed by atoms with Crippen LogP contribution in [0, 0.1) is 0 Å². The lowest BCUT2D eigenvalue weighted by molar-refractivity contribution is 0.620. The number of oxazole rings is 1. The second-order valence-electron chi connectivity index (χ2n) is 12.1. The Morgan fingerprint density at radius 2 is 0.816 bits per heavy atom. The minimum atomic E-state index is 0.631. The predicted octanol–water partition coefficient (Wildman–Crippen LogP) is 11.8. The summed E-state index contributed by atoms with van der Waals surface area (Å²) in [7, 11) is 0. The summed E-state index contributed by atoms with van der Waals surface area (Å²) < 4.78 is 6.15. The van der Waals surface area contributed by atoms with Gasteiger partial charge in [-0.05, 0) is 75.5 Å². The zero-order valence-corrected chi connectivity index (χ0v) is 26.5. The van der Waals surface area contributed by atoms with Crippen LogP contribution in [-0.4, -0.2) is 15.0 Å². The van der Waals surface area contributed by atoms with Crippen molar-refractivity contribution in [1.29, 1.82) is 0 Å². The third-order valence-corrected chi connectivity index (χ3v) is 8.92. The largest absolute Gasteiger partial charge is 0.436 e. The van der Waals surface area contributed by atoms with E-state index in [9.17, 15) is 0 Å². The van der Waals surface area contributed by atoms with Crippen LogP contribution in [0.1, 0.15) is 0 Å². The fourth-order valence-corrected chi connectivity index (χ4v) is 6.32. The molecule has 0 spiro atoms. The average Bonchev–Trinajstić information content (AvgIpc) is 3.62. The van der Waals surface area contributed by atoms with Gasteiger partial charge in [-0.2, -0.15) is 0 Å². The molecule has 0 aliphatic heterocycles. The van der Waals surface area contributed by atoms with Gasteiger partial charge in [-0.1, -0.05) is 133 Å². The van der Waals surface area contributed by atoms with Gasteiger partial charge in [-0.15, -0.1) is 0 Å². The van der Waals surface area contributed by atoms with Crippen LogP contribution < -0.4 is 0 Å². The van der Waals surface area contributed by atoms with Crippen molar-refractivity contribution in [3.05, 3.63) is 176 Å². The van der Waals surface area contributed by atoms with Gasteiger partial charge < -0.3 is 4.42 Å². The predicted molar refractivity (Wildman–Crippen MR) is 200 cm³/mol. The Balaban J connectivity index is 1.07. The van der Waals surface area contributed by atoms with Gasteiger partial charge in [0.1, 0.15) is 5.52 Å². The van der Waals surface area contributed by atoms with E-state index < -0.39 is 0 Å². The smallest absolute Gasteiger partial charge is 0.227 e. The maximum atomic E-state index is 6.15. The van der Waals surface area contributed by atoms with Crippen molar-refractivity contribution in [2.45, 2.75) is 0 Å². The molecule has 0 radical (unpaired) electrons. The number of aromatic nitrogens is 3. The second kappa shape index (κ2) is 12.2. The molecule has 0 aliphatic carbocycles. The monoisotopic (exact) mass is 627 g/mol. The van der Waals surface area contributed by atoms with Crippen LogP contribution in [0.2, 0.25) is 0 Å². The SMILES string of the molecule is c1ccc(-c2ccc(-c3cc(-c4ccc5cc(-c6ccc7nc(-c8ccccc8)oc7c6)ccc5c4)nc(-c4ccccc4)n3)cc2)cc1. The van der Waals surface area contributed by atoms with Gasteiger partial charge in [0.2, 0.25) is 5.89 Å². The van der Waals surface area contributed by atoms with Crippen LogP contribution in [-0.2, 0) is 0 Å². The summed E-state index contributed by atoms with van der Waals surface area (Å²) in [5.41, 5.74) is 12.0. The van der Waals surface area contributed by atoms with E-state index >= 15 is 0 Å². The molecule has 4 heteroatoms. The van der Waals surface area contributed by atoms with E-state index in [1.807, 2.05) is 60.7 Å². The van der Waals surface area contributed by atoms with Gasteiger partial charge in [0.05, 0.1) is 11.4 Å². The Labute approximate surface area is 284 Å². The van der Waals surface area contributed by atoms with Crippen molar-refractivity contribution < 1.29 is 4.42 Å². The van der Waals surface area contributed by atoms with Crippen LogP contribution >= 0.6 is 0 Å². The Morgan fingerprint density at radius 3 is 1.51 bits per heavy atom. The van der Waals surface area contributed by atoms with Crippen LogP contribution in [0.4, 0.5) is 0 Å². The fraction of sp³-hybridized carbons (Fsp3) is 0. The van der Waals surface area contributed by atoms with Crippen molar-refractivity contribution in [3.8, 4) is 67.6 Å². The highest BCUT2D eigenvalue weighted by Crippen LogP contribution is 2.33. The zero-order valence-electron chi connectivity index (χ0n) is 26.5. The number of rotatable bonds is 6. The highest BCUT2D eigenvalue weighted by Gasteiger charge is 2.13. The summed E-state index contributed by atoms with van der Waals surface area (Å²) in [5, 5.41) is 2.29. The molecular formula is C45H29N3O. The lowest BCUT2D eigenvalue weighted by Crippen LogP contribution is -1.96. The van der Waals surface area contributed by atoms with E-state index in [0.29, 0.717) is 11.7 Å². The average molecular weight is 628 g/mol. The van der Waals surface area contributed by atoms with Gasteiger partial charge in [0.25, 0.3) is 0 Å². The molecule has 9 aromatic rings. The molecule has 0 bridgehead atoms. The summed E-state index contributed by atoms with van der Waals surface area (Å²) in [6, 6.07) is 60.6. The molecule has 0 saturated carbocycles. The number of hydrogen-bond donors (Lipinski definition) is 0. The lowest BCUT2D eigenvalue weighted by atomic mass is 9.98. The molecule has 0 unspecified atom stereocenters. The first kappa shape index (κ1) is 28.6. The molecule has 4 nitrogen and oxygen atoms in total. The molecule has 230 valence electrons. The molecule has 0 aliphatic rings. The maximum Gasteiger partial charge on any atom is 0.227 e. The number of fused-ring (bicyclic) bond motifs is 2. The fourth-order valence-electron chi connectivity index (χ4n) is 6.32. The Hall–Kier alpha value is -6.65. The molecule has 9 rings (SSSR count). The Morgan fingerprint density at radius 1 is 0.327 bits per heavy atom. The molecule has 0 saturated heterocycles. The molecule has 2 aromatic heterocycles. The first-order valence-electron chi connectivity index (χ1n) is 16.3. The summed E-state index contributed by atoms with van der Waals surface area (Å²) in [5.74, 6) is 1.33. The normalized spacial score (nSPS) is 11.3. The van der Waals surface area contributed by atoms with Crippen molar-refractivity contribution in [1.82, 2.24) is 15.0 Å². The molecule has 0 atom stereocenters. The topological polar surface area (TPSA) is 51.8 Å². The highest BCUT2D eigenvalue weighted by atomic mass is 16.3. The highest BCUT2D eigenvalue weighted by molar-refractivity contribution is 5.92. The molecule has 7 aromatic carbocycles. The third kappa shape index (κ3) is 5.66. The van der Waals surface area contributed by atoms with E-state index in [-0.39, 0.29) is 0 Å². The Bertz CT molecular complexity index is 2580. The summed E-state index contributed by atoms with van der Waals surface area (Å²) in [4.78, 5) is 14.8. The van der Waals surface area contributed by atoms with Gasteiger partial charge in [0, 0.05) is 22.3 Å². The first-order chi connectivity index (χ1) is 24.2. The molecule has 0 fully saturated rings. The van der Waals surface area contributed by atoms with Crippen LogP contribution in [0.3, 0.4) is 0 Å². The van der Waals surface area contributed by atoms with E-state index in [0.717, 1.165) is 66.6 Å². The molecule has 0 N–H and O–H groups in total. The van der Waals surface area contributed by atoms with E-state index in [4.69, 9.17) is 19.4 Å². The third-order valence-electron chi connectivity index (χ3n) is 8.92. The zero-order chi connectivity index (χ0) is 32.6. The van der Waals surface area contributed by atoms with E-state index in [2.05, 4.69) is 115 Å². The Kier molecular flexibility index (Phi) is 7.10. The second-order valence-corrected chi connectivity index (χ2v) is 12.1. The van der Waals surface area contributed by atoms with E-state index in [1.54, 1.807) is 0 Å². The van der Waals surface area contributed by atoms with Crippen LogP contribution in [0.15, 0.2) is 180 Å². The quantitative estimate of drug-likeness (QED) is 0.184. The molecule has 2 heterocycles. The lowest BCUT2D eigenvalue weighted by Gasteiger charge is -2.11. The number of nitrogens with zero attached hydrogens (tertiary/aromatic N) is 3. The number of hydrogen-bond acceptors (Lipinski definition) is 4. The van der Waals surface area contributed by atoms with Crippen LogP contribution in [0.5, 0.6) is 0 Å². The van der Waals surface area contributed by atoms with Gasteiger partial charge in [-0.25, -0.2) is 15.0 Å². The van der Waals surface area contributed by atoms with Gasteiger partial charge in [0.15, 0.2) is 11.4 Å². The minimum absolute atomic E-state index is 0.631. The van der Waals surface area contributed by atoms with Crippen molar-refractivity contribution in [3.63, 3.8) is 0 Å². The summed E-state index contributed by atoms with van der Waals surface area (Å²) >= 11 is 0. The van der Waals surface area contributed by atoms with Gasteiger partial charge in [-0.3, -0.25) is 0 Å². The summed E-state index contributed by atoms with van der Waals surface area (Å²) in [6.45, 7) is 0. The first-order valence-corrected chi connectivity index (χ1v) is 16.3. The van der Waals surface area contributed by atoms with Gasteiger partial charge >= 0.3 is 0 Å². The molecule has 49 heavy (non-hydrogen) atoms. The van der Waals surface area contributed by atoms with E-state index in [1.165, 1.54) is 11.1 Å². The summed E-state index contributed by atoms with van der Waals surface area (Å²) in [6.07, 6.45) is 0. The molecule has 0 amide bonds.